The fourth-order valence-corrected chi connectivity index (χ4v) is 4.22. The normalized spacial score (nSPS) is 12.6. The fourth-order valence-electron chi connectivity index (χ4n) is 3.63. The van der Waals surface area contributed by atoms with E-state index in [9.17, 15) is 37.8 Å². The first-order chi connectivity index (χ1) is 18.7. The van der Waals surface area contributed by atoms with Crippen LogP contribution < -0.4 is 69.3 Å². The van der Waals surface area contributed by atoms with Gasteiger partial charge in [-0.3, -0.25) is 4.55 Å². The Balaban J connectivity index is -0.000000923. The van der Waals surface area contributed by atoms with Crippen molar-refractivity contribution in [1.82, 2.24) is 0 Å². The van der Waals surface area contributed by atoms with Crippen LogP contribution in [-0.4, -0.2) is 54.3 Å². The van der Waals surface area contributed by atoms with Gasteiger partial charge >= 0.3 is 71.1 Å². The molecule has 0 saturated heterocycles. The van der Waals surface area contributed by atoms with Crippen LogP contribution in [-0.2, 0) is 29.2 Å². The molecule has 1 aromatic rings. The molecule has 42 heavy (non-hydrogen) atoms. The van der Waals surface area contributed by atoms with E-state index < -0.39 is 45.7 Å². The standard InChI is InChI=1S/C24H38O4.C4H6O7S.2Na/c1-5-7-9-11-15-19(3)27-23(25)21-17-13-14-18-22(21)24(26)28-20(4)16-12-10-8-6-2;5-3(6)1-2(4(7)8)12(9,10)11;;/h13-14,17-20H,5-12,15-16H2,1-4H3;2H,1H2,(H,5,6)(H,7,8)(H,9,10,11);;/q;;2*+1/p-2. The maximum atomic E-state index is 12.6. The molecular weight excluding hydrogens is 590 g/mol. The molecule has 0 radical (unpaired) electrons. The van der Waals surface area contributed by atoms with E-state index in [1.165, 1.54) is 25.7 Å². The third-order valence-corrected chi connectivity index (χ3v) is 6.96. The van der Waals surface area contributed by atoms with Crippen molar-refractivity contribution in [2.75, 3.05) is 0 Å². The molecule has 0 aliphatic carbocycles. The SMILES string of the molecule is CCCCCCC(C)OC(=O)c1ccccc1C(=O)OC(C)CCCCCC.O=C([O-])CC(C(=O)[O-])S(=O)(=O)O.[Na+].[Na+]. The third kappa shape index (κ3) is 20.8. The number of carbonyl (C=O) groups excluding carboxylic acids is 4. The van der Waals surface area contributed by atoms with Crippen LogP contribution in [0, 0.1) is 0 Å². The molecule has 1 N–H and O–H groups in total. The van der Waals surface area contributed by atoms with Crippen LogP contribution in [0.25, 0.3) is 0 Å². The number of esters is 2. The van der Waals surface area contributed by atoms with Gasteiger partial charge in [0.05, 0.1) is 29.3 Å². The van der Waals surface area contributed by atoms with Gasteiger partial charge in [0.15, 0.2) is 0 Å². The summed E-state index contributed by atoms with van der Waals surface area (Å²) in [6.45, 7) is 8.16. The molecular formula is C28H42Na2O11S. The number of unbranched alkanes of at least 4 members (excludes halogenated alkanes) is 6. The fraction of sp³-hybridized carbons (Fsp3) is 0.643. The molecule has 11 nitrogen and oxygen atoms in total. The van der Waals surface area contributed by atoms with Crippen LogP contribution in [0.4, 0.5) is 0 Å². The summed E-state index contributed by atoms with van der Waals surface area (Å²) in [5.41, 5.74) is 0.567. The summed E-state index contributed by atoms with van der Waals surface area (Å²) in [4.78, 5) is 44.9. The number of hydrogen-bond acceptors (Lipinski definition) is 10. The van der Waals surface area contributed by atoms with Crippen molar-refractivity contribution >= 4 is 34.0 Å². The first-order valence-electron chi connectivity index (χ1n) is 13.6. The molecule has 1 rings (SSSR count). The Kier molecular flexibility index (Phi) is 27.4. The molecule has 0 saturated carbocycles. The molecule has 1 aromatic carbocycles. The van der Waals surface area contributed by atoms with Gasteiger partial charge in [0, 0.05) is 12.4 Å². The molecule has 0 amide bonds. The van der Waals surface area contributed by atoms with Crippen LogP contribution in [0.15, 0.2) is 24.3 Å². The first-order valence-corrected chi connectivity index (χ1v) is 15.1. The Bertz CT molecular complexity index is 997. The number of carboxylic acid groups (broad SMARTS) is 2. The van der Waals surface area contributed by atoms with Crippen molar-refractivity contribution < 1.29 is 111 Å². The zero-order chi connectivity index (χ0) is 30.7. The molecule has 3 unspecified atom stereocenters. The van der Waals surface area contributed by atoms with E-state index in [4.69, 9.17) is 14.0 Å². The van der Waals surface area contributed by atoms with Crippen molar-refractivity contribution in [3.63, 3.8) is 0 Å². The summed E-state index contributed by atoms with van der Waals surface area (Å²) in [6.07, 6.45) is 9.18. The van der Waals surface area contributed by atoms with Gasteiger partial charge in [0.2, 0.25) is 0 Å². The minimum absolute atomic E-state index is 0. The summed E-state index contributed by atoms with van der Waals surface area (Å²) >= 11 is 0. The minimum atomic E-state index is -4.94. The summed E-state index contributed by atoms with van der Waals surface area (Å²) in [5.74, 6) is -4.99. The average Bonchev–Trinajstić information content (AvgIpc) is 2.87. The van der Waals surface area contributed by atoms with Crippen molar-refractivity contribution in [2.24, 2.45) is 0 Å². The number of ether oxygens (including phenoxy) is 2. The number of carbonyl (C=O) groups is 4. The molecule has 0 aromatic heterocycles. The van der Waals surface area contributed by atoms with Crippen molar-refractivity contribution in [3.8, 4) is 0 Å². The van der Waals surface area contributed by atoms with E-state index in [2.05, 4.69) is 13.8 Å². The van der Waals surface area contributed by atoms with E-state index in [1.807, 2.05) is 13.8 Å². The van der Waals surface area contributed by atoms with Crippen LogP contribution >= 0.6 is 0 Å². The number of benzene rings is 1. The Morgan fingerprint density at radius 1 is 0.762 bits per heavy atom. The summed E-state index contributed by atoms with van der Waals surface area (Å²) < 4.78 is 39.6. The molecule has 0 bridgehead atoms. The Morgan fingerprint density at radius 3 is 1.40 bits per heavy atom. The largest absolute Gasteiger partial charge is 1.00 e. The molecule has 228 valence electrons. The molecule has 0 spiro atoms. The van der Waals surface area contributed by atoms with Crippen LogP contribution in [0.5, 0.6) is 0 Å². The second kappa shape index (κ2) is 25.3. The van der Waals surface area contributed by atoms with E-state index >= 15 is 0 Å². The van der Waals surface area contributed by atoms with Gasteiger partial charge < -0.3 is 29.3 Å². The van der Waals surface area contributed by atoms with Crippen molar-refractivity contribution in [2.45, 2.75) is 116 Å². The predicted octanol–water partition coefficient (Wildman–Crippen LogP) is -3.14. The number of hydrogen-bond donors (Lipinski definition) is 1. The second-order valence-corrected chi connectivity index (χ2v) is 11.2. The van der Waals surface area contributed by atoms with Gasteiger partial charge in [0.1, 0.15) is 5.25 Å². The Morgan fingerprint density at radius 2 is 1.14 bits per heavy atom. The number of aliphatic carboxylic acids is 2. The zero-order valence-electron chi connectivity index (χ0n) is 25.8. The molecule has 14 heteroatoms. The maximum Gasteiger partial charge on any atom is 1.00 e. The number of carboxylic acids is 2. The van der Waals surface area contributed by atoms with E-state index in [-0.39, 0.29) is 82.4 Å². The van der Waals surface area contributed by atoms with E-state index in [1.54, 1.807) is 24.3 Å². The van der Waals surface area contributed by atoms with Gasteiger partial charge in [-0.25, -0.2) is 9.59 Å². The topological polar surface area (TPSA) is 187 Å². The second-order valence-electron chi connectivity index (χ2n) is 9.57. The third-order valence-electron chi connectivity index (χ3n) is 5.89. The summed E-state index contributed by atoms with van der Waals surface area (Å²) in [7, 11) is -4.94. The molecule has 0 fully saturated rings. The van der Waals surface area contributed by atoms with E-state index in [0.29, 0.717) is 0 Å². The van der Waals surface area contributed by atoms with Gasteiger partial charge in [-0.15, -0.1) is 0 Å². The average molecular weight is 633 g/mol. The van der Waals surface area contributed by atoms with Crippen LogP contribution in [0.1, 0.15) is 119 Å². The maximum absolute atomic E-state index is 12.6. The first kappa shape index (κ1) is 45.4. The molecule has 0 aliphatic heterocycles. The van der Waals surface area contributed by atoms with Crippen molar-refractivity contribution in [1.29, 1.82) is 0 Å². The monoisotopic (exact) mass is 632 g/mol. The zero-order valence-corrected chi connectivity index (χ0v) is 30.6. The van der Waals surface area contributed by atoms with E-state index in [0.717, 1.165) is 38.5 Å². The Hall–Kier alpha value is -0.990. The molecule has 3 atom stereocenters. The van der Waals surface area contributed by atoms with Gasteiger partial charge in [-0.05, 0) is 51.7 Å². The number of rotatable bonds is 18. The predicted molar refractivity (Wildman–Crippen MR) is 144 cm³/mol. The Labute approximate surface area is 293 Å². The molecule has 0 heterocycles. The van der Waals surface area contributed by atoms with Crippen LogP contribution in [0.2, 0.25) is 0 Å². The quantitative estimate of drug-likeness (QED) is 0.0746. The summed E-state index contributed by atoms with van der Waals surface area (Å²) in [5, 5.41) is 17.3. The smallest absolute Gasteiger partial charge is 0.550 e. The van der Waals surface area contributed by atoms with Gasteiger partial charge in [-0.1, -0.05) is 64.5 Å². The minimum Gasteiger partial charge on any atom is -0.550 e. The van der Waals surface area contributed by atoms with Gasteiger partial charge in [0.25, 0.3) is 10.1 Å². The summed E-state index contributed by atoms with van der Waals surface area (Å²) in [6, 6.07) is 6.75. The van der Waals surface area contributed by atoms with Crippen molar-refractivity contribution in [3.05, 3.63) is 35.4 Å². The molecule has 0 aliphatic rings. The van der Waals surface area contributed by atoms with Crippen LogP contribution in [0.3, 0.4) is 0 Å². The van der Waals surface area contributed by atoms with Gasteiger partial charge in [-0.2, -0.15) is 8.42 Å².